The predicted octanol–water partition coefficient (Wildman–Crippen LogP) is 1.60. The molecule has 0 saturated heterocycles. The molecular weight excluding hydrogens is 212 g/mol. The number of nitrogens with one attached hydrogen (secondary N) is 1. The predicted molar refractivity (Wildman–Crippen MR) is 61.9 cm³/mol. The first-order chi connectivity index (χ1) is 6.68. The van der Waals surface area contributed by atoms with Crippen LogP contribution in [0.1, 0.15) is 26.3 Å². The molecule has 0 saturated carbocycles. The van der Waals surface area contributed by atoms with Crippen LogP contribution in [0.25, 0.3) is 0 Å². The summed E-state index contributed by atoms with van der Waals surface area (Å²) < 4.78 is 23.7. The second-order valence-corrected chi connectivity index (χ2v) is 5.77. The lowest BCUT2D eigenvalue weighted by molar-refractivity contribution is 0.590. The highest BCUT2D eigenvalue weighted by molar-refractivity contribution is 7.90. The van der Waals surface area contributed by atoms with Crippen LogP contribution >= 0.6 is 0 Å². The molecule has 0 fully saturated rings. The molecule has 1 aromatic rings. The van der Waals surface area contributed by atoms with Gasteiger partial charge in [0.2, 0.25) is 0 Å². The molecule has 84 valence electrons. The molecule has 5 heteroatoms. The molecule has 0 aliphatic carbocycles. The summed E-state index contributed by atoms with van der Waals surface area (Å²) in [4.78, 5) is 0. The molecule has 0 radical (unpaired) electrons. The number of nitrogens with two attached hydrogens (primary N) is 1. The molecule has 3 N–H and O–H groups in total. The topological polar surface area (TPSA) is 72.2 Å². The SMILES string of the molecule is CC(C)(C)c1ccc(NS(N)(=O)=O)cc1. The molecule has 0 aliphatic rings. The van der Waals surface area contributed by atoms with E-state index in [1.165, 1.54) is 0 Å². The zero-order valence-corrected chi connectivity index (χ0v) is 9.93. The number of rotatable bonds is 2. The molecule has 4 nitrogen and oxygen atoms in total. The quantitative estimate of drug-likeness (QED) is 0.807. The maximum atomic E-state index is 10.7. The van der Waals surface area contributed by atoms with Crippen molar-refractivity contribution in [3.05, 3.63) is 29.8 Å². The Hall–Kier alpha value is -1.07. The van der Waals surface area contributed by atoms with Crippen molar-refractivity contribution in [2.75, 3.05) is 4.72 Å². The van der Waals surface area contributed by atoms with Crippen LogP contribution in [0.4, 0.5) is 5.69 Å². The zero-order valence-electron chi connectivity index (χ0n) is 9.11. The average Bonchev–Trinajstić information content (AvgIpc) is 2.00. The lowest BCUT2D eigenvalue weighted by Crippen LogP contribution is -2.21. The molecule has 0 unspecified atom stereocenters. The summed E-state index contributed by atoms with van der Waals surface area (Å²) >= 11 is 0. The molecule has 0 heterocycles. The summed E-state index contributed by atoms with van der Waals surface area (Å²) in [6.45, 7) is 6.28. The summed E-state index contributed by atoms with van der Waals surface area (Å²) in [5.41, 5.74) is 1.67. The molecule has 0 aliphatic heterocycles. The minimum Gasteiger partial charge on any atom is -0.271 e. The first kappa shape index (κ1) is 12.0. The van der Waals surface area contributed by atoms with Gasteiger partial charge in [-0.2, -0.15) is 8.42 Å². The second kappa shape index (κ2) is 3.83. The van der Waals surface area contributed by atoms with E-state index in [1.54, 1.807) is 12.1 Å². The minimum absolute atomic E-state index is 0.0557. The molecular formula is C10H16N2O2S. The smallest absolute Gasteiger partial charge is 0.271 e. The summed E-state index contributed by atoms with van der Waals surface area (Å²) in [7, 11) is -3.68. The van der Waals surface area contributed by atoms with Crippen molar-refractivity contribution in [2.24, 2.45) is 5.14 Å². The Bertz CT molecular complexity index is 429. The highest BCUT2D eigenvalue weighted by Gasteiger charge is 2.13. The van der Waals surface area contributed by atoms with Gasteiger partial charge in [-0.3, -0.25) is 4.72 Å². The van der Waals surface area contributed by atoms with Gasteiger partial charge < -0.3 is 0 Å². The van der Waals surface area contributed by atoms with Crippen LogP contribution < -0.4 is 9.86 Å². The summed E-state index contributed by atoms with van der Waals surface area (Å²) in [6, 6.07) is 7.16. The summed E-state index contributed by atoms with van der Waals surface area (Å²) in [5, 5.41) is 4.85. The monoisotopic (exact) mass is 228 g/mol. The van der Waals surface area contributed by atoms with E-state index in [0.29, 0.717) is 5.69 Å². The third-order valence-corrected chi connectivity index (χ3v) is 2.53. The Kier molecular flexibility index (Phi) is 3.06. The van der Waals surface area contributed by atoms with Crippen molar-refractivity contribution >= 4 is 15.9 Å². The lowest BCUT2D eigenvalue weighted by Gasteiger charge is -2.19. The van der Waals surface area contributed by atoms with Gasteiger partial charge in [0.05, 0.1) is 0 Å². The Balaban J connectivity index is 2.91. The van der Waals surface area contributed by atoms with E-state index >= 15 is 0 Å². The summed E-state index contributed by atoms with van der Waals surface area (Å²) in [5.74, 6) is 0. The van der Waals surface area contributed by atoms with Crippen molar-refractivity contribution in [1.82, 2.24) is 0 Å². The number of benzene rings is 1. The maximum Gasteiger partial charge on any atom is 0.296 e. The van der Waals surface area contributed by atoms with Gasteiger partial charge in [0.25, 0.3) is 10.2 Å². The van der Waals surface area contributed by atoms with Crippen LogP contribution in [0.5, 0.6) is 0 Å². The molecule has 0 amide bonds. The third kappa shape index (κ3) is 3.89. The molecule has 0 aromatic heterocycles. The van der Waals surface area contributed by atoms with E-state index in [-0.39, 0.29) is 5.41 Å². The van der Waals surface area contributed by atoms with Gasteiger partial charge in [-0.15, -0.1) is 0 Å². The van der Waals surface area contributed by atoms with Crippen LogP contribution in [0, 0.1) is 0 Å². The standard InChI is InChI=1S/C10H16N2O2S/c1-10(2,3)8-4-6-9(7-5-8)12-15(11,13)14/h4-7,12H,1-3H3,(H2,11,13,14). The number of hydrogen-bond donors (Lipinski definition) is 2. The van der Waals surface area contributed by atoms with Gasteiger partial charge >= 0.3 is 0 Å². The summed E-state index contributed by atoms with van der Waals surface area (Å²) in [6.07, 6.45) is 0. The highest BCUT2D eigenvalue weighted by atomic mass is 32.2. The molecule has 0 spiro atoms. The second-order valence-electron chi connectivity index (χ2n) is 4.47. The lowest BCUT2D eigenvalue weighted by atomic mass is 9.87. The first-order valence-corrected chi connectivity index (χ1v) is 6.14. The molecule has 1 rings (SSSR count). The Morgan fingerprint density at radius 2 is 1.60 bits per heavy atom. The molecule has 1 aromatic carbocycles. The zero-order chi connectivity index (χ0) is 11.7. The van der Waals surface area contributed by atoms with Crippen molar-refractivity contribution in [2.45, 2.75) is 26.2 Å². The fourth-order valence-electron chi connectivity index (χ4n) is 1.20. The third-order valence-electron chi connectivity index (χ3n) is 2.01. The van der Waals surface area contributed by atoms with Crippen LogP contribution in [0.3, 0.4) is 0 Å². The first-order valence-electron chi connectivity index (χ1n) is 4.59. The number of hydrogen-bond acceptors (Lipinski definition) is 2. The van der Waals surface area contributed by atoms with E-state index in [0.717, 1.165) is 5.56 Å². The van der Waals surface area contributed by atoms with Gasteiger partial charge in [0, 0.05) is 5.69 Å². The largest absolute Gasteiger partial charge is 0.296 e. The van der Waals surface area contributed by atoms with E-state index in [4.69, 9.17) is 5.14 Å². The maximum absolute atomic E-state index is 10.7. The van der Waals surface area contributed by atoms with E-state index in [9.17, 15) is 8.42 Å². The molecule has 0 bridgehead atoms. The van der Waals surface area contributed by atoms with Crippen LogP contribution in [-0.4, -0.2) is 8.42 Å². The normalized spacial score (nSPS) is 12.5. The van der Waals surface area contributed by atoms with E-state index in [2.05, 4.69) is 25.5 Å². The van der Waals surface area contributed by atoms with Crippen molar-refractivity contribution in [3.8, 4) is 0 Å². The molecule has 15 heavy (non-hydrogen) atoms. The van der Waals surface area contributed by atoms with Crippen molar-refractivity contribution in [3.63, 3.8) is 0 Å². The van der Waals surface area contributed by atoms with Gasteiger partial charge in [-0.25, -0.2) is 5.14 Å². The van der Waals surface area contributed by atoms with Gasteiger partial charge in [-0.05, 0) is 23.1 Å². The van der Waals surface area contributed by atoms with E-state index in [1.807, 2.05) is 12.1 Å². The van der Waals surface area contributed by atoms with Crippen LogP contribution in [0.15, 0.2) is 24.3 Å². The van der Waals surface area contributed by atoms with Gasteiger partial charge in [0.1, 0.15) is 0 Å². The Labute approximate surface area is 90.7 Å². The number of anilines is 1. The fourth-order valence-corrected chi connectivity index (χ4v) is 1.67. The van der Waals surface area contributed by atoms with Crippen molar-refractivity contribution in [1.29, 1.82) is 0 Å². The van der Waals surface area contributed by atoms with E-state index < -0.39 is 10.2 Å². The average molecular weight is 228 g/mol. The van der Waals surface area contributed by atoms with Crippen LogP contribution in [0.2, 0.25) is 0 Å². The highest BCUT2D eigenvalue weighted by Crippen LogP contribution is 2.23. The Morgan fingerprint density at radius 3 is 1.93 bits per heavy atom. The molecule has 0 atom stereocenters. The minimum atomic E-state index is -3.68. The van der Waals surface area contributed by atoms with Crippen LogP contribution in [-0.2, 0) is 15.6 Å². The fraction of sp³-hybridized carbons (Fsp3) is 0.400. The Morgan fingerprint density at radius 1 is 1.13 bits per heavy atom. The van der Waals surface area contributed by atoms with Gasteiger partial charge in [-0.1, -0.05) is 32.9 Å². The van der Waals surface area contributed by atoms with Crippen molar-refractivity contribution < 1.29 is 8.42 Å². The van der Waals surface area contributed by atoms with Gasteiger partial charge in [0.15, 0.2) is 0 Å².